The van der Waals surface area contributed by atoms with Gasteiger partial charge in [-0.05, 0) is 0 Å². The van der Waals surface area contributed by atoms with Gasteiger partial charge in [0.05, 0.1) is 19.9 Å². The molecule has 0 saturated heterocycles. The van der Waals surface area contributed by atoms with Gasteiger partial charge in [-0.2, -0.15) is 18.3 Å². The van der Waals surface area contributed by atoms with Crippen LogP contribution in [0.5, 0.6) is 0 Å². The second-order valence-corrected chi connectivity index (χ2v) is 8.34. The van der Waals surface area contributed by atoms with Crippen LogP contribution in [-0.4, -0.2) is 26.0 Å². The number of aromatic nitrogens is 3. The van der Waals surface area contributed by atoms with Crippen LogP contribution in [-0.2, 0) is 6.18 Å². The summed E-state index contributed by atoms with van der Waals surface area (Å²) in [6.45, 7) is 0. The number of aromatic amines is 1. The van der Waals surface area contributed by atoms with Gasteiger partial charge < -0.3 is 5.32 Å². The van der Waals surface area contributed by atoms with Crippen LogP contribution in [0.25, 0.3) is 0 Å². The summed E-state index contributed by atoms with van der Waals surface area (Å²) in [5.41, 5.74) is -1.60. The van der Waals surface area contributed by atoms with Gasteiger partial charge in [-0.25, -0.2) is 0 Å². The van der Waals surface area contributed by atoms with E-state index in [4.69, 9.17) is 23.2 Å². The van der Waals surface area contributed by atoms with Crippen molar-refractivity contribution in [1.82, 2.24) is 15.2 Å². The summed E-state index contributed by atoms with van der Waals surface area (Å²) in [5, 5.41) is 18.9. The Morgan fingerprint density at radius 1 is 1.28 bits per heavy atom. The normalized spacial score (nSPS) is 11.5. The number of thiophene rings is 1. The third kappa shape index (κ3) is 4.80. The third-order valence-corrected chi connectivity index (χ3v) is 6.47. The summed E-state index contributed by atoms with van der Waals surface area (Å²) < 4.78 is 37.9. The maximum Gasteiger partial charge on any atom is 0.435 e. The van der Waals surface area contributed by atoms with Crippen LogP contribution < -0.4 is 5.32 Å². The number of nitro groups is 1. The molecule has 0 atom stereocenters. The number of rotatable bonds is 5. The molecule has 0 aromatic carbocycles. The lowest BCUT2D eigenvalue weighted by atomic mass is 10.4. The number of pyridine rings is 1. The van der Waals surface area contributed by atoms with Crippen LogP contribution in [0, 0.1) is 10.1 Å². The molecule has 15 heteroatoms. The average molecular weight is 484 g/mol. The van der Waals surface area contributed by atoms with Crippen molar-refractivity contribution in [1.29, 1.82) is 0 Å². The maximum atomic E-state index is 12.6. The second-order valence-electron chi connectivity index (χ2n) is 5.19. The average Bonchev–Trinajstić information content (AvgIpc) is 3.25. The van der Waals surface area contributed by atoms with E-state index in [2.05, 4.69) is 15.4 Å². The number of hydrogen-bond donors (Lipinski definition) is 2. The minimum absolute atomic E-state index is 0.107. The summed E-state index contributed by atoms with van der Waals surface area (Å²) in [7, 11) is 0. The zero-order valence-electron chi connectivity index (χ0n) is 13.6. The Morgan fingerprint density at radius 3 is 2.48 bits per heavy atom. The molecule has 29 heavy (non-hydrogen) atoms. The van der Waals surface area contributed by atoms with Crippen molar-refractivity contribution in [2.45, 2.75) is 15.3 Å². The third-order valence-electron chi connectivity index (χ3n) is 3.22. The van der Waals surface area contributed by atoms with Gasteiger partial charge in [0.2, 0.25) is 0 Å². The number of halogens is 5. The van der Waals surface area contributed by atoms with Gasteiger partial charge >= 0.3 is 6.18 Å². The minimum atomic E-state index is -4.69. The highest BCUT2D eigenvalue weighted by Crippen LogP contribution is 2.45. The number of anilines is 1. The molecule has 8 nitrogen and oxygen atoms in total. The molecule has 0 aliphatic heterocycles. The van der Waals surface area contributed by atoms with Gasteiger partial charge in [0, 0.05) is 24.5 Å². The summed E-state index contributed by atoms with van der Waals surface area (Å²) in [6.07, 6.45) is -2.08. The monoisotopic (exact) mass is 483 g/mol. The molecule has 0 aliphatic rings. The number of alkyl halides is 3. The maximum absolute atomic E-state index is 12.6. The van der Waals surface area contributed by atoms with Crippen LogP contribution >= 0.6 is 46.3 Å². The Balaban J connectivity index is 1.87. The molecule has 0 aliphatic carbocycles. The topological polar surface area (TPSA) is 114 Å². The van der Waals surface area contributed by atoms with E-state index in [-0.39, 0.29) is 30.6 Å². The van der Waals surface area contributed by atoms with Crippen molar-refractivity contribution < 1.29 is 22.9 Å². The molecule has 3 rings (SSSR count). The van der Waals surface area contributed by atoms with Gasteiger partial charge in [-0.3, -0.25) is 25.0 Å². The molecule has 0 saturated carbocycles. The standard InChI is InChI=1S/C14H6Cl2F3N5O3S2/c15-5-3-20-4-6(16)11(5)29-13-7(24(26)27)1-8(28-13)12(25)21-10-2-9(22-23-10)14(17,18)19/h1-4H,(H2,21,22,23,25). The second kappa shape index (κ2) is 8.18. The van der Waals surface area contributed by atoms with Gasteiger partial charge in [-0.15, -0.1) is 11.3 Å². The Bertz CT molecular complexity index is 1080. The minimum Gasteiger partial charge on any atom is -0.306 e. The summed E-state index contributed by atoms with van der Waals surface area (Å²) in [4.78, 5) is 26.9. The van der Waals surface area contributed by atoms with Crippen molar-refractivity contribution in [3.8, 4) is 0 Å². The van der Waals surface area contributed by atoms with Crippen LogP contribution in [0.4, 0.5) is 24.7 Å². The van der Waals surface area contributed by atoms with Gasteiger partial charge in [0.15, 0.2) is 5.69 Å². The number of nitrogens with zero attached hydrogens (tertiary/aromatic N) is 3. The number of hydrogen-bond acceptors (Lipinski definition) is 7. The highest BCUT2D eigenvalue weighted by molar-refractivity contribution is 8.01. The van der Waals surface area contributed by atoms with Gasteiger partial charge in [-0.1, -0.05) is 35.0 Å². The lowest BCUT2D eigenvalue weighted by Crippen LogP contribution is -2.10. The molecule has 152 valence electrons. The summed E-state index contributed by atoms with van der Waals surface area (Å²) >= 11 is 13.7. The molecule has 0 radical (unpaired) electrons. The summed E-state index contributed by atoms with van der Waals surface area (Å²) in [6, 6.07) is 1.61. The Hall–Kier alpha value is -2.35. The van der Waals surface area contributed by atoms with E-state index < -0.39 is 22.7 Å². The molecule has 0 spiro atoms. The predicted molar refractivity (Wildman–Crippen MR) is 101 cm³/mol. The molecule has 0 fully saturated rings. The largest absolute Gasteiger partial charge is 0.435 e. The SMILES string of the molecule is O=C(Nc1cc(C(F)(F)F)n[nH]1)c1cc([N+](=O)[O-])c(Sc2c(Cl)cncc2Cl)s1. The van der Waals surface area contributed by atoms with Crippen LogP contribution in [0.1, 0.15) is 15.4 Å². The molecule has 1 amide bonds. The zero-order chi connectivity index (χ0) is 21.3. The molecular formula is C14H6Cl2F3N5O3S2. The smallest absolute Gasteiger partial charge is 0.306 e. The molecule has 2 N–H and O–H groups in total. The first-order chi connectivity index (χ1) is 13.6. The Labute approximate surface area is 177 Å². The highest BCUT2D eigenvalue weighted by Gasteiger charge is 2.34. The number of H-pyrrole nitrogens is 1. The van der Waals surface area contributed by atoms with E-state index in [0.717, 1.165) is 29.2 Å². The lowest BCUT2D eigenvalue weighted by molar-refractivity contribution is -0.387. The van der Waals surface area contributed by atoms with Gasteiger partial charge in [0.1, 0.15) is 14.9 Å². The van der Waals surface area contributed by atoms with E-state index in [0.29, 0.717) is 11.0 Å². The molecule has 3 heterocycles. The van der Waals surface area contributed by atoms with E-state index in [1.807, 2.05) is 5.10 Å². The molecule has 3 aromatic heterocycles. The van der Waals surface area contributed by atoms with E-state index in [1.165, 1.54) is 12.4 Å². The van der Waals surface area contributed by atoms with Crippen molar-refractivity contribution in [2.75, 3.05) is 5.32 Å². The summed E-state index contributed by atoms with van der Waals surface area (Å²) in [5.74, 6) is -1.16. The first-order valence-electron chi connectivity index (χ1n) is 7.25. The number of carbonyl (C=O) groups excluding carboxylic acids is 1. The zero-order valence-corrected chi connectivity index (χ0v) is 16.7. The van der Waals surface area contributed by atoms with Crippen molar-refractivity contribution >= 4 is 63.7 Å². The van der Waals surface area contributed by atoms with E-state index in [9.17, 15) is 28.1 Å². The first-order valence-corrected chi connectivity index (χ1v) is 9.64. The number of carbonyl (C=O) groups is 1. The van der Waals surface area contributed by atoms with Crippen molar-refractivity contribution in [3.05, 3.63) is 55.3 Å². The first kappa shape index (κ1) is 21.4. The van der Waals surface area contributed by atoms with Crippen LogP contribution in [0.15, 0.2) is 33.6 Å². The lowest BCUT2D eigenvalue weighted by Gasteiger charge is -2.03. The molecular weight excluding hydrogens is 478 g/mol. The Kier molecular flexibility index (Phi) is 6.03. The molecule has 3 aromatic rings. The fraction of sp³-hybridized carbons (Fsp3) is 0.0714. The van der Waals surface area contributed by atoms with Crippen molar-refractivity contribution in [2.24, 2.45) is 0 Å². The number of nitrogens with one attached hydrogen (secondary N) is 2. The van der Waals surface area contributed by atoms with Crippen LogP contribution in [0.3, 0.4) is 0 Å². The molecule has 0 bridgehead atoms. The molecule has 0 unspecified atom stereocenters. The van der Waals surface area contributed by atoms with Gasteiger partial charge in [0.25, 0.3) is 11.6 Å². The fourth-order valence-corrected chi connectivity index (χ4v) is 4.74. The van der Waals surface area contributed by atoms with Crippen LogP contribution in [0.2, 0.25) is 10.0 Å². The van der Waals surface area contributed by atoms with E-state index >= 15 is 0 Å². The Morgan fingerprint density at radius 2 is 1.93 bits per heavy atom. The fourth-order valence-electron chi connectivity index (χ4n) is 1.98. The number of amides is 1. The quantitative estimate of drug-likeness (QED) is 0.365. The predicted octanol–water partition coefficient (Wildman–Crippen LogP) is 5.50. The van der Waals surface area contributed by atoms with E-state index in [1.54, 1.807) is 0 Å². The van der Waals surface area contributed by atoms with Crippen molar-refractivity contribution in [3.63, 3.8) is 0 Å². The highest BCUT2D eigenvalue weighted by atomic mass is 35.5.